The van der Waals surface area contributed by atoms with Crippen molar-refractivity contribution in [1.29, 1.82) is 0 Å². The first-order chi connectivity index (χ1) is 11.1. The molecule has 0 heterocycles. The van der Waals surface area contributed by atoms with Gasteiger partial charge in [0.25, 0.3) is 5.91 Å². The van der Waals surface area contributed by atoms with Gasteiger partial charge in [0.05, 0.1) is 12.7 Å². The first-order valence-corrected chi connectivity index (χ1v) is 6.90. The van der Waals surface area contributed by atoms with Crippen molar-refractivity contribution in [2.45, 2.75) is 6.61 Å². The normalized spacial score (nSPS) is 9.96. The third-order valence-corrected chi connectivity index (χ3v) is 3.02. The fourth-order valence-electron chi connectivity index (χ4n) is 1.89. The molecule has 0 radical (unpaired) electrons. The molecule has 0 unspecified atom stereocenters. The summed E-state index contributed by atoms with van der Waals surface area (Å²) in [5, 5.41) is 0. The van der Waals surface area contributed by atoms with Gasteiger partial charge in [-0.1, -0.05) is 18.2 Å². The van der Waals surface area contributed by atoms with E-state index < -0.39 is 11.9 Å². The quantitative estimate of drug-likeness (QED) is 0.789. The summed E-state index contributed by atoms with van der Waals surface area (Å²) in [5.41, 5.74) is 6.15. The molecule has 0 atom stereocenters. The van der Waals surface area contributed by atoms with Crippen LogP contribution >= 0.6 is 0 Å². The number of amides is 1. The Morgan fingerprint density at radius 3 is 2.39 bits per heavy atom. The first-order valence-electron chi connectivity index (χ1n) is 6.90. The second-order valence-electron chi connectivity index (χ2n) is 4.67. The predicted octanol–water partition coefficient (Wildman–Crippen LogP) is 1.92. The molecule has 0 aliphatic rings. The van der Waals surface area contributed by atoms with Crippen LogP contribution in [0.3, 0.4) is 0 Å². The lowest BCUT2D eigenvalue weighted by Gasteiger charge is -2.09. The van der Waals surface area contributed by atoms with Crippen molar-refractivity contribution >= 4 is 11.9 Å². The molecular formula is C17H17NO5. The number of primary amides is 1. The van der Waals surface area contributed by atoms with E-state index in [-0.39, 0.29) is 13.2 Å². The van der Waals surface area contributed by atoms with Crippen molar-refractivity contribution in [3.63, 3.8) is 0 Å². The molecule has 0 aliphatic heterocycles. The molecular weight excluding hydrogens is 298 g/mol. The zero-order chi connectivity index (χ0) is 16.7. The number of carbonyl (C=O) groups is 2. The number of para-hydroxylation sites is 1. The van der Waals surface area contributed by atoms with E-state index in [1.165, 1.54) is 0 Å². The highest BCUT2D eigenvalue weighted by molar-refractivity contribution is 5.89. The van der Waals surface area contributed by atoms with E-state index in [0.29, 0.717) is 17.1 Å². The van der Waals surface area contributed by atoms with Crippen LogP contribution in [0.15, 0.2) is 48.5 Å². The molecule has 6 heteroatoms. The Labute approximate surface area is 133 Å². The summed E-state index contributed by atoms with van der Waals surface area (Å²) in [6.45, 7) is -0.0969. The summed E-state index contributed by atoms with van der Waals surface area (Å²) in [7, 11) is 1.56. The Kier molecular flexibility index (Phi) is 5.57. The summed E-state index contributed by atoms with van der Waals surface area (Å²) >= 11 is 0. The maximum Gasteiger partial charge on any atom is 0.338 e. The van der Waals surface area contributed by atoms with E-state index in [2.05, 4.69) is 0 Å². The Balaban J connectivity index is 1.94. The van der Waals surface area contributed by atoms with Gasteiger partial charge in [-0.3, -0.25) is 4.79 Å². The maximum absolute atomic E-state index is 12.0. The van der Waals surface area contributed by atoms with Crippen LogP contribution in [0.1, 0.15) is 15.9 Å². The van der Waals surface area contributed by atoms with Gasteiger partial charge in [0.15, 0.2) is 6.61 Å². The number of carbonyl (C=O) groups excluding carboxylic acids is 2. The van der Waals surface area contributed by atoms with Gasteiger partial charge >= 0.3 is 5.97 Å². The number of nitrogens with two attached hydrogens (primary N) is 1. The smallest absolute Gasteiger partial charge is 0.338 e. The van der Waals surface area contributed by atoms with E-state index in [1.807, 2.05) is 18.2 Å². The molecule has 0 aliphatic carbocycles. The Hall–Kier alpha value is -3.02. The lowest BCUT2D eigenvalue weighted by Crippen LogP contribution is -2.20. The minimum absolute atomic E-state index is 0.114. The van der Waals surface area contributed by atoms with Crippen LogP contribution in [0.4, 0.5) is 0 Å². The fraction of sp³-hybridized carbons (Fsp3) is 0.176. The number of hydrogen-bond donors (Lipinski definition) is 1. The molecule has 2 N–H and O–H groups in total. The van der Waals surface area contributed by atoms with E-state index in [9.17, 15) is 9.59 Å². The van der Waals surface area contributed by atoms with Gasteiger partial charge in [0, 0.05) is 5.56 Å². The van der Waals surface area contributed by atoms with Gasteiger partial charge < -0.3 is 19.9 Å². The highest BCUT2D eigenvalue weighted by Gasteiger charge is 2.10. The zero-order valence-electron chi connectivity index (χ0n) is 12.7. The second kappa shape index (κ2) is 7.84. The molecule has 2 aromatic rings. The van der Waals surface area contributed by atoms with Crippen LogP contribution in [-0.2, 0) is 16.1 Å². The highest BCUT2D eigenvalue weighted by Crippen LogP contribution is 2.19. The third-order valence-electron chi connectivity index (χ3n) is 3.02. The van der Waals surface area contributed by atoms with E-state index in [4.69, 9.17) is 19.9 Å². The number of rotatable bonds is 7. The minimum Gasteiger partial charge on any atom is -0.496 e. The first kappa shape index (κ1) is 16.4. The van der Waals surface area contributed by atoms with Crippen molar-refractivity contribution in [3.8, 4) is 11.5 Å². The van der Waals surface area contributed by atoms with Gasteiger partial charge in [-0.05, 0) is 30.3 Å². The molecule has 1 amide bonds. The van der Waals surface area contributed by atoms with Gasteiger partial charge in [0.2, 0.25) is 0 Å². The molecule has 0 bridgehead atoms. The Morgan fingerprint density at radius 2 is 1.74 bits per heavy atom. The average molecular weight is 315 g/mol. The van der Waals surface area contributed by atoms with Crippen LogP contribution in [0.2, 0.25) is 0 Å². The standard InChI is InChI=1S/C17H17NO5/c1-21-15-5-3-2-4-13(15)10-23-17(20)12-6-8-14(9-7-12)22-11-16(18)19/h2-9H,10-11H2,1H3,(H2,18,19). The summed E-state index contributed by atoms with van der Waals surface area (Å²) < 4.78 is 15.6. The number of methoxy groups -OCH3 is 1. The fourth-order valence-corrected chi connectivity index (χ4v) is 1.89. The summed E-state index contributed by atoms with van der Waals surface area (Å²) in [6.07, 6.45) is 0. The molecule has 23 heavy (non-hydrogen) atoms. The van der Waals surface area contributed by atoms with Gasteiger partial charge in [-0.15, -0.1) is 0 Å². The van der Waals surface area contributed by atoms with E-state index in [0.717, 1.165) is 5.56 Å². The summed E-state index contributed by atoms with van der Waals surface area (Å²) in [5.74, 6) is 0.0863. The molecule has 120 valence electrons. The molecule has 2 rings (SSSR count). The SMILES string of the molecule is COc1ccccc1COC(=O)c1ccc(OCC(N)=O)cc1. The van der Waals surface area contributed by atoms with Gasteiger partial charge in [-0.25, -0.2) is 4.79 Å². The lowest BCUT2D eigenvalue weighted by atomic mass is 10.2. The van der Waals surface area contributed by atoms with Crippen LogP contribution in [0.5, 0.6) is 11.5 Å². The molecule has 0 aromatic heterocycles. The molecule has 0 fully saturated rings. The summed E-state index contributed by atoms with van der Waals surface area (Å²) in [4.78, 5) is 22.6. The van der Waals surface area contributed by atoms with Crippen LogP contribution in [-0.4, -0.2) is 25.6 Å². The molecule has 0 saturated carbocycles. The van der Waals surface area contributed by atoms with Crippen molar-refractivity contribution < 1.29 is 23.8 Å². The van der Waals surface area contributed by atoms with Gasteiger partial charge in [0.1, 0.15) is 18.1 Å². The minimum atomic E-state index is -0.565. The third kappa shape index (κ3) is 4.74. The van der Waals surface area contributed by atoms with Crippen LogP contribution in [0.25, 0.3) is 0 Å². The number of ether oxygens (including phenoxy) is 3. The second-order valence-corrected chi connectivity index (χ2v) is 4.67. The molecule has 6 nitrogen and oxygen atoms in total. The van der Waals surface area contributed by atoms with Crippen molar-refractivity contribution in [3.05, 3.63) is 59.7 Å². The van der Waals surface area contributed by atoms with E-state index in [1.54, 1.807) is 37.4 Å². The predicted molar refractivity (Wildman–Crippen MR) is 83.2 cm³/mol. The lowest BCUT2D eigenvalue weighted by molar-refractivity contribution is -0.119. The Bertz CT molecular complexity index is 682. The average Bonchev–Trinajstić information content (AvgIpc) is 2.58. The highest BCUT2D eigenvalue weighted by atomic mass is 16.5. The zero-order valence-corrected chi connectivity index (χ0v) is 12.7. The van der Waals surface area contributed by atoms with Crippen molar-refractivity contribution in [1.82, 2.24) is 0 Å². The largest absolute Gasteiger partial charge is 0.496 e. The molecule has 0 spiro atoms. The van der Waals surface area contributed by atoms with Crippen molar-refractivity contribution in [2.75, 3.05) is 13.7 Å². The van der Waals surface area contributed by atoms with E-state index >= 15 is 0 Å². The summed E-state index contributed by atoms with van der Waals surface area (Å²) in [6, 6.07) is 13.6. The maximum atomic E-state index is 12.0. The number of benzene rings is 2. The number of hydrogen-bond acceptors (Lipinski definition) is 5. The topological polar surface area (TPSA) is 87.8 Å². The monoisotopic (exact) mass is 315 g/mol. The van der Waals surface area contributed by atoms with Gasteiger partial charge in [-0.2, -0.15) is 0 Å². The van der Waals surface area contributed by atoms with Crippen molar-refractivity contribution in [2.24, 2.45) is 5.73 Å². The number of esters is 1. The molecule has 2 aromatic carbocycles. The van der Waals surface area contributed by atoms with Crippen LogP contribution in [0, 0.1) is 0 Å². The van der Waals surface area contributed by atoms with Crippen LogP contribution < -0.4 is 15.2 Å². The molecule has 0 saturated heterocycles. The Morgan fingerprint density at radius 1 is 1.04 bits per heavy atom.